The average Bonchev–Trinajstić information content (AvgIpc) is 2.42. The first-order valence-electron chi connectivity index (χ1n) is 7.24. The molecule has 1 aromatic rings. The Kier molecular flexibility index (Phi) is 7.26. The van der Waals surface area contributed by atoms with Crippen LogP contribution in [0, 0.1) is 6.92 Å². The van der Waals surface area contributed by atoms with E-state index in [0.717, 1.165) is 30.5 Å². The molecular weight excluding hydrogens is 254 g/mol. The van der Waals surface area contributed by atoms with E-state index in [-0.39, 0.29) is 12.5 Å². The maximum Gasteiger partial charge on any atom is 0.303 e. The van der Waals surface area contributed by atoms with E-state index in [1.165, 1.54) is 0 Å². The number of aliphatic hydroxyl groups excluding tert-OH is 1. The first-order chi connectivity index (χ1) is 9.54. The van der Waals surface area contributed by atoms with Gasteiger partial charge in [-0.1, -0.05) is 43.2 Å². The third kappa shape index (κ3) is 5.72. The van der Waals surface area contributed by atoms with E-state index in [2.05, 4.69) is 12.2 Å². The number of aliphatic carboxylic acids is 1. The minimum Gasteiger partial charge on any atom is -0.481 e. The predicted octanol–water partition coefficient (Wildman–Crippen LogP) is 2.65. The van der Waals surface area contributed by atoms with Gasteiger partial charge in [0.25, 0.3) is 0 Å². The molecule has 2 atom stereocenters. The van der Waals surface area contributed by atoms with Crippen LogP contribution in [0.1, 0.15) is 49.8 Å². The van der Waals surface area contributed by atoms with Crippen molar-refractivity contribution in [3.8, 4) is 0 Å². The van der Waals surface area contributed by atoms with E-state index < -0.39 is 12.1 Å². The summed E-state index contributed by atoms with van der Waals surface area (Å²) in [5.41, 5.74) is 1.97. The zero-order valence-electron chi connectivity index (χ0n) is 12.3. The van der Waals surface area contributed by atoms with Crippen LogP contribution >= 0.6 is 0 Å². The first kappa shape index (κ1) is 16.7. The van der Waals surface area contributed by atoms with Crippen LogP contribution < -0.4 is 5.32 Å². The quantitative estimate of drug-likeness (QED) is 0.608. The molecule has 0 aromatic heterocycles. The predicted molar refractivity (Wildman–Crippen MR) is 79.7 cm³/mol. The van der Waals surface area contributed by atoms with E-state index in [9.17, 15) is 9.90 Å². The van der Waals surface area contributed by atoms with Crippen molar-refractivity contribution >= 4 is 5.97 Å². The van der Waals surface area contributed by atoms with Crippen molar-refractivity contribution in [2.45, 2.75) is 51.7 Å². The Morgan fingerprint density at radius 1 is 1.30 bits per heavy atom. The monoisotopic (exact) mass is 279 g/mol. The molecule has 0 saturated carbocycles. The molecule has 4 nitrogen and oxygen atoms in total. The number of benzene rings is 1. The highest BCUT2D eigenvalue weighted by atomic mass is 16.4. The molecule has 2 unspecified atom stereocenters. The maximum atomic E-state index is 10.7. The fourth-order valence-corrected chi connectivity index (χ4v) is 2.11. The van der Waals surface area contributed by atoms with Gasteiger partial charge in [0.15, 0.2) is 0 Å². The number of aliphatic hydroxyl groups is 1. The standard InChI is InChI=1S/C16H25NO3/c1-3-4-11-17-14(9-10-15(18)19)16(20)13-7-5-12(2)6-8-13/h5-8,14,16-17,20H,3-4,9-11H2,1-2H3,(H,18,19). The zero-order chi connectivity index (χ0) is 15.0. The Labute approximate surface area is 120 Å². The van der Waals surface area contributed by atoms with Crippen LogP contribution in [0.25, 0.3) is 0 Å². The summed E-state index contributed by atoms with van der Waals surface area (Å²) >= 11 is 0. The highest BCUT2D eigenvalue weighted by Crippen LogP contribution is 2.20. The lowest BCUT2D eigenvalue weighted by molar-refractivity contribution is -0.137. The zero-order valence-corrected chi connectivity index (χ0v) is 12.3. The van der Waals surface area contributed by atoms with Gasteiger partial charge in [0.05, 0.1) is 6.10 Å². The van der Waals surface area contributed by atoms with Gasteiger partial charge in [-0.05, 0) is 31.9 Å². The minimum absolute atomic E-state index is 0.0622. The largest absolute Gasteiger partial charge is 0.481 e. The van der Waals surface area contributed by atoms with Crippen LogP contribution in [-0.4, -0.2) is 28.8 Å². The van der Waals surface area contributed by atoms with Crippen molar-refractivity contribution in [2.24, 2.45) is 0 Å². The second-order valence-electron chi connectivity index (χ2n) is 5.20. The number of rotatable bonds is 9. The van der Waals surface area contributed by atoms with Gasteiger partial charge in [-0.25, -0.2) is 0 Å². The molecule has 0 aliphatic carbocycles. The van der Waals surface area contributed by atoms with Crippen molar-refractivity contribution in [1.29, 1.82) is 0 Å². The van der Waals surface area contributed by atoms with Crippen LogP contribution in [0.15, 0.2) is 24.3 Å². The fourth-order valence-electron chi connectivity index (χ4n) is 2.11. The summed E-state index contributed by atoms with van der Waals surface area (Å²) < 4.78 is 0. The molecule has 112 valence electrons. The van der Waals surface area contributed by atoms with Gasteiger partial charge in [-0.2, -0.15) is 0 Å². The SMILES string of the molecule is CCCCNC(CCC(=O)O)C(O)c1ccc(C)cc1. The molecule has 0 spiro atoms. The molecule has 1 rings (SSSR count). The van der Waals surface area contributed by atoms with Crippen LogP contribution in [-0.2, 0) is 4.79 Å². The fraction of sp³-hybridized carbons (Fsp3) is 0.562. The van der Waals surface area contributed by atoms with E-state index in [1.54, 1.807) is 0 Å². The molecule has 0 fully saturated rings. The summed E-state index contributed by atoms with van der Waals surface area (Å²) in [6.07, 6.45) is 1.90. The summed E-state index contributed by atoms with van der Waals surface area (Å²) in [6.45, 7) is 4.89. The smallest absolute Gasteiger partial charge is 0.303 e. The molecule has 0 amide bonds. The van der Waals surface area contributed by atoms with Crippen molar-refractivity contribution in [2.75, 3.05) is 6.54 Å². The molecule has 1 aromatic carbocycles. The summed E-state index contributed by atoms with van der Waals surface area (Å²) in [7, 11) is 0. The maximum absolute atomic E-state index is 10.7. The highest BCUT2D eigenvalue weighted by Gasteiger charge is 2.21. The Bertz CT molecular complexity index is 403. The Hall–Kier alpha value is -1.39. The van der Waals surface area contributed by atoms with Crippen LogP contribution in [0.4, 0.5) is 0 Å². The Morgan fingerprint density at radius 2 is 1.95 bits per heavy atom. The highest BCUT2D eigenvalue weighted by molar-refractivity contribution is 5.66. The second-order valence-corrected chi connectivity index (χ2v) is 5.20. The summed E-state index contributed by atoms with van der Waals surface area (Å²) in [6, 6.07) is 7.49. The van der Waals surface area contributed by atoms with Crippen molar-refractivity contribution in [3.63, 3.8) is 0 Å². The molecule has 0 aliphatic rings. The molecule has 4 heteroatoms. The van der Waals surface area contributed by atoms with Crippen LogP contribution in [0.3, 0.4) is 0 Å². The topological polar surface area (TPSA) is 69.6 Å². The lowest BCUT2D eigenvalue weighted by atomic mass is 9.97. The van der Waals surface area contributed by atoms with Crippen LogP contribution in [0.2, 0.25) is 0 Å². The van der Waals surface area contributed by atoms with Crippen molar-refractivity contribution < 1.29 is 15.0 Å². The van der Waals surface area contributed by atoms with E-state index in [0.29, 0.717) is 6.42 Å². The second kappa shape index (κ2) is 8.72. The van der Waals surface area contributed by atoms with Gasteiger partial charge in [0, 0.05) is 12.5 Å². The van der Waals surface area contributed by atoms with E-state index in [1.807, 2.05) is 31.2 Å². The number of aryl methyl sites for hydroxylation is 1. The number of carboxylic acids is 1. The van der Waals surface area contributed by atoms with Crippen molar-refractivity contribution in [1.82, 2.24) is 5.32 Å². The van der Waals surface area contributed by atoms with Gasteiger partial charge in [-0.15, -0.1) is 0 Å². The number of nitrogens with one attached hydrogen (secondary N) is 1. The van der Waals surface area contributed by atoms with Gasteiger partial charge >= 0.3 is 5.97 Å². The third-order valence-corrected chi connectivity index (χ3v) is 3.41. The normalized spacial score (nSPS) is 13.9. The average molecular weight is 279 g/mol. The lowest BCUT2D eigenvalue weighted by Gasteiger charge is -2.24. The molecular formula is C16H25NO3. The van der Waals surface area contributed by atoms with Crippen LogP contribution in [0.5, 0.6) is 0 Å². The molecule has 0 heterocycles. The van der Waals surface area contributed by atoms with E-state index in [4.69, 9.17) is 5.11 Å². The first-order valence-corrected chi connectivity index (χ1v) is 7.24. The number of carbonyl (C=O) groups is 1. The summed E-state index contributed by atoms with van der Waals surface area (Å²) in [4.78, 5) is 10.7. The molecule has 0 saturated heterocycles. The van der Waals surface area contributed by atoms with Gasteiger partial charge in [0.1, 0.15) is 0 Å². The van der Waals surface area contributed by atoms with Gasteiger partial charge in [-0.3, -0.25) is 4.79 Å². The molecule has 0 bridgehead atoms. The summed E-state index contributed by atoms with van der Waals surface area (Å²) in [5.74, 6) is -0.830. The van der Waals surface area contributed by atoms with Gasteiger partial charge in [0.2, 0.25) is 0 Å². The summed E-state index contributed by atoms with van der Waals surface area (Å²) in [5, 5.41) is 22.5. The number of carboxylic acid groups (broad SMARTS) is 1. The number of hydrogen-bond donors (Lipinski definition) is 3. The van der Waals surface area contributed by atoms with Crippen molar-refractivity contribution in [3.05, 3.63) is 35.4 Å². The number of unbranched alkanes of at least 4 members (excludes halogenated alkanes) is 1. The Morgan fingerprint density at radius 3 is 2.50 bits per heavy atom. The lowest BCUT2D eigenvalue weighted by Crippen LogP contribution is -2.36. The third-order valence-electron chi connectivity index (χ3n) is 3.41. The molecule has 20 heavy (non-hydrogen) atoms. The van der Waals surface area contributed by atoms with E-state index >= 15 is 0 Å². The van der Waals surface area contributed by atoms with Gasteiger partial charge < -0.3 is 15.5 Å². The molecule has 0 radical (unpaired) electrons. The number of hydrogen-bond acceptors (Lipinski definition) is 3. The Balaban J connectivity index is 2.68. The minimum atomic E-state index is -0.830. The molecule has 3 N–H and O–H groups in total. The molecule has 0 aliphatic heterocycles.